The summed E-state index contributed by atoms with van der Waals surface area (Å²) >= 11 is 0. The Balaban J connectivity index is 1.50. The molecule has 1 amide bonds. The summed E-state index contributed by atoms with van der Waals surface area (Å²) in [5, 5.41) is 0. The van der Waals surface area contributed by atoms with E-state index in [0.717, 1.165) is 24.4 Å². The summed E-state index contributed by atoms with van der Waals surface area (Å²) in [5.74, 6) is 0.0529. The normalized spacial score (nSPS) is 18.4. The van der Waals surface area contributed by atoms with Gasteiger partial charge in [0, 0.05) is 32.4 Å². The topological polar surface area (TPSA) is 80.7 Å². The van der Waals surface area contributed by atoms with Gasteiger partial charge in [-0.15, -0.1) is 0 Å². The van der Waals surface area contributed by atoms with Gasteiger partial charge < -0.3 is 19.3 Å². The highest BCUT2D eigenvalue weighted by atomic mass is 19.4. The summed E-state index contributed by atoms with van der Waals surface area (Å²) in [6.45, 7) is 7.96. The highest BCUT2D eigenvalue weighted by Gasteiger charge is 2.37. The van der Waals surface area contributed by atoms with E-state index in [1.807, 2.05) is 25.7 Å². The molecule has 2 aliphatic rings. The lowest BCUT2D eigenvalue weighted by Crippen LogP contribution is -2.34. The van der Waals surface area contributed by atoms with Crippen LogP contribution >= 0.6 is 0 Å². The first-order chi connectivity index (χ1) is 16.4. The maximum Gasteiger partial charge on any atom is 0.421 e. The molecule has 2 aromatic rings. The second-order valence-corrected chi connectivity index (χ2v) is 10.1. The Morgan fingerprint density at radius 2 is 1.91 bits per heavy atom. The molecule has 4 rings (SSSR count). The van der Waals surface area contributed by atoms with Crippen LogP contribution in [0.2, 0.25) is 0 Å². The van der Waals surface area contributed by atoms with Gasteiger partial charge in [0.25, 0.3) is 0 Å². The van der Waals surface area contributed by atoms with Crippen LogP contribution in [0.5, 0.6) is 11.8 Å². The number of alkyl halides is 3. The zero-order chi connectivity index (χ0) is 25.4. The molecule has 0 bridgehead atoms. The molecule has 11 heteroatoms. The second kappa shape index (κ2) is 9.50. The first kappa shape index (κ1) is 25.0. The summed E-state index contributed by atoms with van der Waals surface area (Å²) in [7, 11) is 1.16. The number of amides is 1. The molecule has 0 spiro atoms. The van der Waals surface area contributed by atoms with Crippen LogP contribution in [-0.4, -0.2) is 58.6 Å². The fourth-order valence-corrected chi connectivity index (χ4v) is 4.39. The summed E-state index contributed by atoms with van der Waals surface area (Å²) in [6.07, 6.45) is -0.284. The second-order valence-electron chi connectivity index (χ2n) is 10.1. The average molecular weight is 494 g/mol. The van der Waals surface area contributed by atoms with Gasteiger partial charge in [-0.2, -0.15) is 13.2 Å². The third-order valence-corrected chi connectivity index (χ3v) is 6.12. The molecule has 35 heavy (non-hydrogen) atoms. The van der Waals surface area contributed by atoms with Crippen LogP contribution in [0.1, 0.15) is 50.4 Å². The van der Waals surface area contributed by atoms with E-state index in [1.54, 1.807) is 4.90 Å². The van der Waals surface area contributed by atoms with Crippen LogP contribution in [0, 0.1) is 5.41 Å². The van der Waals surface area contributed by atoms with Gasteiger partial charge in [0.15, 0.2) is 0 Å². The van der Waals surface area contributed by atoms with Crippen molar-refractivity contribution in [3.05, 3.63) is 35.4 Å². The van der Waals surface area contributed by atoms with Crippen molar-refractivity contribution in [3.63, 3.8) is 0 Å². The van der Waals surface area contributed by atoms with E-state index < -0.39 is 17.6 Å². The number of hydrogen-bond donors (Lipinski definition) is 0. The molecule has 0 aromatic carbocycles. The number of carbonyl (C=O) groups excluding carboxylic acids is 1. The molecule has 0 unspecified atom stereocenters. The lowest BCUT2D eigenvalue weighted by Gasteiger charge is -2.31. The van der Waals surface area contributed by atoms with Crippen LogP contribution in [0.3, 0.4) is 0 Å². The number of fused-ring (bicyclic) bond motifs is 1. The number of likely N-dealkylation sites (tertiary alicyclic amines) is 1. The van der Waals surface area contributed by atoms with E-state index in [1.165, 1.54) is 12.5 Å². The van der Waals surface area contributed by atoms with Gasteiger partial charge in [-0.25, -0.2) is 15.0 Å². The Kier molecular flexibility index (Phi) is 6.79. The maximum absolute atomic E-state index is 13.5. The zero-order valence-corrected chi connectivity index (χ0v) is 20.4. The first-order valence-electron chi connectivity index (χ1n) is 11.6. The predicted molar refractivity (Wildman–Crippen MR) is 122 cm³/mol. The van der Waals surface area contributed by atoms with Crippen molar-refractivity contribution in [2.45, 2.75) is 58.9 Å². The van der Waals surface area contributed by atoms with Gasteiger partial charge in [-0.05, 0) is 11.5 Å². The molecular weight excluding hydrogens is 463 g/mol. The zero-order valence-electron chi connectivity index (χ0n) is 20.4. The molecular formula is C24H30F3N5O3. The lowest BCUT2D eigenvalue weighted by atomic mass is 9.92. The van der Waals surface area contributed by atoms with Crippen LogP contribution in [0.15, 0.2) is 18.6 Å². The molecule has 190 valence electrons. The Morgan fingerprint density at radius 1 is 1.14 bits per heavy atom. The number of nitrogens with zero attached hydrogens (tertiary/aromatic N) is 5. The van der Waals surface area contributed by atoms with Gasteiger partial charge in [0.2, 0.25) is 17.7 Å². The van der Waals surface area contributed by atoms with E-state index >= 15 is 0 Å². The minimum atomic E-state index is -4.59. The van der Waals surface area contributed by atoms with Crippen LogP contribution in [0.4, 0.5) is 18.9 Å². The molecule has 2 aliphatic heterocycles. The quantitative estimate of drug-likeness (QED) is 0.625. The number of carbonyl (C=O) groups is 1. The fraction of sp³-hybridized carbons (Fsp3) is 0.583. The van der Waals surface area contributed by atoms with Gasteiger partial charge in [-0.3, -0.25) is 4.79 Å². The van der Waals surface area contributed by atoms with Crippen LogP contribution < -0.4 is 14.4 Å². The first-order valence-corrected chi connectivity index (χ1v) is 11.6. The number of hydrogen-bond acceptors (Lipinski definition) is 7. The van der Waals surface area contributed by atoms with Gasteiger partial charge in [-0.1, -0.05) is 20.8 Å². The number of aromatic nitrogens is 3. The molecule has 1 fully saturated rings. The third kappa shape index (κ3) is 5.76. The van der Waals surface area contributed by atoms with Crippen molar-refractivity contribution >= 4 is 11.6 Å². The van der Waals surface area contributed by atoms with Crippen LogP contribution in [-0.2, 0) is 23.9 Å². The SMILES string of the molecule is COc1ncc(N2CCc3ncnc(O[C@H]4CCN(C(=O)CC(C)(C)C)C4)c3C2)cc1C(F)(F)F. The largest absolute Gasteiger partial charge is 0.481 e. The van der Waals surface area contributed by atoms with Gasteiger partial charge in [0.05, 0.1) is 43.3 Å². The monoisotopic (exact) mass is 493 g/mol. The standard InChI is InChI=1S/C24H30F3N5O3/c1-23(2,3)10-20(33)32-7-5-16(12-32)35-21-17-13-31(8-6-19(17)29-14-30-21)15-9-18(24(25,26)27)22(34-4)28-11-15/h9,11,14,16H,5-8,10,12-13H2,1-4H3/t16-/m0/s1. The molecule has 0 saturated carbocycles. The van der Waals surface area contributed by atoms with Crippen molar-refractivity contribution in [2.24, 2.45) is 5.41 Å². The number of anilines is 1. The summed E-state index contributed by atoms with van der Waals surface area (Å²) in [5.41, 5.74) is 0.867. The van der Waals surface area contributed by atoms with Crippen molar-refractivity contribution in [1.29, 1.82) is 0 Å². The Morgan fingerprint density at radius 3 is 2.60 bits per heavy atom. The number of ether oxygens (including phenoxy) is 2. The van der Waals surface area contributed by atoms with Crippen molar-refractivity contribution in [3.8, 4) is 11.8 Å². The van der Waals surface area contributed by atoms with E-state index in [4.69, 9.17) is 9.47 Å². The Hall–Kier alpha value is -3.11. The molecule has 1 atom stereocenters. The number of rotatable bonds is 5. The summed E-state index contributed by atoms with van der Waals surface area (Å²) in [4.78, 5) is 28.7. The third-order valence-electron chi connectivity index (χ3n) is 6.12. The van der Waals surface area contributed by atoms with Crippen LogP contribution in [0.25, 0.3) is 0 Å². The fourth-order valence-electron chi connectivity index (χ4n) is 4.39. The summed E-state index contributed by atoms with van der Waals surface area (Å²) in [6, 6.07) is 1.05. The van der Waals surface area contributed by atoms with Gasteiger partial charge >= 0.3 is 6.18 Å². The lowest BCUT2D eigenvalue weighted by molar-refractivity contribution is -0.139. The van der Waals surface area contributed by atoms with E-state index in [9.17, 15) is 18.0 Å². The maximum atomic E-state index is 13.5. The molecule has 0 N–H and O–H groups in total. The molecule has 0 aliphatic carbocycles. The minimum Gasteiger partial charge on any atom is -0.481 e. The van der Waals surface area contributed by atoms with E-state index in [0.29, 0.717) is 50.5 Å². The number of methoxy groups -OCH3 is 1. The van der Waals surface area contributed by atoms with Gasteiger partial charge in [0.1, 0.15) is 18.0 Å². The molecule has 0 radical (unpaired) electrons. The van der Waals surface area contributed by atoms with Crippen molar-refractivity contribution < 1.29 is 27.4 Å². The smallest absolute Gasteiger partial charge is 0.421 e. The molecule has 1 saturated heterocycles. The van der Waals surface area contributed by atoms with E-state index in [2.05, 4.69) is 15.0 Å². The molecule has 2 aromatic heterocycles. The number of pyridine rings is 1. The molecule has 4 heterocycles. The minimum absolute atomic E-state index is 0.0898. The highest BCUT2D eigenvalue weighted by Crippen LogP contribution is 2.38. The molecule has 8 nitrogen and oxygen atoms in total. The Labute approximate surface area is 202 Å². The summed E-state index contributed by atoms with van der Waals surface area (Å²) < 4.78 is 51.5. The Bertz CT molecular complexity index is 1090. The van der Waals surface area contributed by atoms with Crippen molar-refractivity contribution in [1.82, 2.24) is 19.9 Å². The van der Waals surface area contributed by atoms with E-state index in [-0.39, 0.29) is 24.0 Å². The van der Waals surface area contributed by atoms with Crippen molar-refractivity contribution in [2.75, 3.05) is 31.6 Å². The highest BCUT2D eigenvalue weighted by molar-refractivity contribution is 5.77. The average Bonchev–Trinajstić information content (AvgIpc) is 3.26. The predicted octanol–water partition coefficient (Wildman–Crippen LogP) is 3.88. The number of halogens is 3.